The summed E-state index contributed by atoms with van der Waals surface area (Å²) in [5.74, 6) is -0.510. The van der Waals surface area contributed by atoms with E-state index in [0.717, 1.165) is 15.7 Å². The molecule has 0 aliphatic heterocycles. The minimum Gasteiger partial charge on any atom is -0.481 e. The fraction of sp³-hybridized carbons (Fsp3) is 0.222. The van der Waals surface area contributed by atoms with E-state index in [0.29, 0.717) is 23.1 Å². The number of methoxy groups -OCH3 is 1. The number of carboxylic acids is 1. The predicted molar refractivity (Wildman–Crippen MR) is 139 cm³/mol. The van der Waals surface area contributed by atoms with E-state index in [1.54, 1.807) is 36.4 Å². The minimum atomic E-state index is -1.11. The average Bonchev–Trinajstić information content (AvgIpc) is 2.91. The second-order valence-electron chi connectivity index (χ2n) is 8.70. The lowest BCUT2D eigenvalue weighted by molar-refractivity contribution is -0.141. The zero-order valence-corrected chi connectivity index (χ0v) is 21.1. The Labute approximate surface area is 217 Å². The maximum atomic E-state index is 13.4. The molecule has 0 amide bonds. The number of aryl methyl sites for hydroxylation is 1. The topological polar surface area (TPSA) is 141 Å². The molecule has 2 N–H and O–H groups in total. The Morgan fingerprint density at radius 1 is 1.03 bits per heavy atom. The first-order valence-corrected chi connectivity index (χ1v) is 11.8. The van der Waals surface area contributed by atoms with E-state index in [-0.39, 0.29) is 18.7 Å². The fourth-order valence-electron chi connectivity index (χ4n) is 3.57. The van der Waals surface area contributed by atoms with E-state index < -0.39 is 23.3 Å². The molecule has 0 bridgehead atoms. The highest BCUT2D eigenvalue weighted by atomic mass is 16.5. The van der Waals surface area contributed by atoms with Crippen molar-refractivity contribution in [3.05, 3.63) is 105 Å². The van der Waals surface area contributed by atoms with Gasteiger partial charge in [-0.05, 0) is 42.8 Å². The van der Waals surface area contributed by atoms with E-state index in [2.05, 4.69) is 15.0 Å². The van der Waals surface area contributed by atoms with Gasteiger partial charge in [0.2, 0.25) is 11.5 Å². The molecule has 0 spiro atoms. The summed E-state index contributed by atoms with van der Waals surface area (Å²) in [5, 5.41) is 9.27. The highest BCUT2D eigenvalue weighted by molar-refractivity contribution is 5.69. The van der Waals surface area contributed by atoms with Crippen molar-refractivity contribution in [1.29, 1.82) is 0 Å². The van der Waals surface area contributed by atoms with Gasteiger partial charge in [-0.2, -0.15) is 0 Å². The van der Waals surface area contributed by atoms with Crippen molar-refractivity contribution in [2.75, 3.05) is 7.11 Å². The molecule has 4 rings (SSSR count). The second-order valence-corrected chi connectivity index (χ2v) is 8.70. The molecule has 4 aromatic rings. The molecule has 196 valence electrons. The summed E-state index contributed by atoms with van der Waals surface area (Å²) in [6.07, 6.45) is 1.54. The van der Waals surface area contributed by atoms with Crippen LogP contribution in [0, 0.1) is 12.8 Å². The van der Waals surface area contributed by atoms with Crippen LogP contribution < -0.4 is 26.5 Å². The lowest BCUT2D eigenvalue weighted by atomic mass is 10.1. The van der Waals surface area contributed by atoms with Crippen LogP contribution in [-0.4, -0.2) is 37.3 Å². The number of aromatic nitrogens is 4. The third-order valence-corrected chi connectivity index (χ3v) is 5.75. The number of nitrogens with one attached hydrogen (secondary N) is 1. The molecule has 0 saturated heterocycles. The van der Waals surface area contributed by atoms with Crippen LogP contribution in [0.3, 0.4) is 0 Å². The van der Waals surface area contributed by atoms with Gasteiger partial charge in [-0.25, -0.2) is 24.1 Å². The molecule has 0 fully saturated rings. The summed E-state index contributed by atoms with van der Waals surface area (Å²) < 4.78 is 13.0. The monoisotopic (exact) mass is 517 g/mol. The van der Waals surface area contributed by atoms with Crippen LogP contribution in [0.15, 0.2) is 81.4 Å². The van der Waals surface area contributed by atoms with Gasteiger partial charge in [-0.15, -0.1) is 0 Å². The molecule has 2 aromatic heterocycles. The van der Waals surface area contributed by atoms with Gasteiger partial charge in [-0.1, -0.05) is 36.8 Å². The van der Waals surface area contributed by atoms with Crippen molar-refractivity contribution in [2.24, 2.45) is 10.9 Å². The van der Waals surface area contributed by atoms with Crippen LogP contribution in [0.5, 0.6) is 17.4 Å². The zero-order valence-electron chi connectivity index (χ0n) is 21.1. The number of carbonyl (C=O) groups is 1. The summed E-state index contributed by atoms with van der Waals surface area (Å²) >= 11 is 0. The van der Waals surface area contributed by atoms with Crippen molar-refractivity contribution in [2.45, 2.75) is 26.9 Å². The van der Waals surface area contributed by atoms with Gasteiger partial charge >= 0.3 is 17.3 Å². The van der Waals surface area contributed by atoms with Gasteiger partial charge in [-0.3, -0.25) is 14.3 Å². The molecule has 0 saturated carbocycles. The van der Waals surface area contributed by atoms with Crippen LogP contribution in [0.2, 0.25) is 0 Å². The first-order valence-electron chi connectivity index (χ1n) is 11.8. The summed E-state index contributed by atoms with van der Waals surface area (Å²) in [4.78, 5) is 48.7. The van der Waals surface area contributed by atoms with Crippen LogP contribution in [0.4, 0.5) is 5.69 Å². The maximum absolute atomic E-state index is 13.4. The second kappa shape index (κ2) is 11.4. The fourth-order valence-corrected chi connectivity index (χ4v) is 3.57. The van der Waals surface area contributed by atoms with Crippen molar-refractivity contribution in [1.82, 2.24) is 19.1 Å². The van der Waals surface area contributed by atoms with Crippen molar-refractivity contribution in [3.8, 4) is 17.4 Å². The molecular formula is C27H27N5O6. The number of nitrogens with zero attached hydrogens (tertiary/aromatic N) is 4. The molecule has 0 aliphatic carbocycles. The van der Waals surface area contributed by atoms with E-state index in [4.69, 9.17) is 9.47 Å². The Morgan fingerprint density at radius 2 is 1.71 bits per heavy atom. The Morgan fingerprint density at radius 3 is 2.32 bits per heavy atom. The largest absolute Gasteiger partial charge is 0.481 e. The first kappa shape index (κ1) is 26.1. The number of aliphatic carboxylic acids is 1. The summed E-state index contributed by atoms with van der Waals surface area (Å²) in [6, 6.07) is 17.7. The molecule has 1 atom stereocenters. The van der Waals surface area contributed by atoms with Crippen LogP contribution in [0.25, 0.3) is 0 Å². The number of pyridine rings is 1. The quantitative estimate of drug-likeness (QED) is 0.348. The van der Waals surface area contributed by atoms with E-state index in [1.165, 1.54) is 24.8 Å². The predicted octanol–water partition coefficient (Wildman–Crippen LogP) is 2.84. The number of H-pyrrole nitrogens is 1. The molecular weight excluding hydrogens is 490 g/mol. The third kappa shape index (κ3) is 6.25. The number of benzene rings is 2. The van der Waals surface area contributed by atoms with Gasteiger partial charge in [0.05, 0.1) is 31.5 Å². The smallest absolute Gasteiger partial charge is 0.335 e. The number of rotatable bonds is 9. The van der Waals surface area contributed by atoms with Crippen molar-refractivity contribution >= 4 is 11.7 Å². The van der Waals surface area contributed by atoms with Crippen molar-refractivity contribution in [3.63, 3.8) is 0 Å². The van der Waals surface area contributed by atoms with Crippen LogP contribution in [0.1, 0.15) is 18.1 Å². The molecule has 0 aliphatic rings. The average molecular weight is 518 g/mol. The maximum Gasteiger partial charge on any atom is 0.335 e. The molecule has 0 unspecified atom stereocenters. The molecule has 11 nitrogen and oxygen atoms in total. The molecule has 2 aromatic carbocycles. The van der Waals surface area contributed by atoms with E-state index in [9.17, 15) is 19.5 Å². The Bertz CT molecular complexity index is 1600. The Kier molecular flexibility index (Phi) is 7.86. The highest BCUT2D eigenvalue weighted by Crippen LogP contribution is 2.24. The summed E-state index contributed by atoms with van der Waals surface area (Å²) in [6.45, 7) is 3.24. The van der Waals surface area contributed by atoms with Crippen LogP contribution >= 0.6 is 0 Å². The normalized spacial score (nSPS) is 12.2. The van der Waals surface area contributed by atoms with Gasteiger partial charge < -0.3 is 14.6 Å². The SMILES string of the molecule is COc1ccc(Oc2ccc(/N=c3\[nH]c(=O)n(C[C@H](C)C(=O)O)c(=O)n3Cc3ccc(C)cc3)cc2)cn1. The number of ether oxygens (including phenoxy) is 2. The van der Waals surface area contributed by atoms with E-state index >= 15 is 0 Å². The van der Waals surface area contributed by atoms with Gasteiger partial charge in [0, 0.05) is 12.6 Å². The van der Waals surface area contributed by atoms with Crippen molar-refractivity contribution < 1.29 is 19.4 Å². The van der Waals surface area contributed by atoms with Gasteiger partial charge in [0.15, 0.2) is 0 Å². The lowest BCUT2D eigenvalue weighted by Crippen LogP contribution is -2.51. The molecule has 38 heavy (non-hydrogen) atoms. The first-order chi connectivity index (χ1) is 18.2. The zero-order chi connectivity index (χ0) is 27.2. The van der Waals surface area contributed by atoms with Gasteiger partial charge in [0.1, 0.15) is 11.5 Å². The summed E-state index contributed by atoms with van der Waals surface area (Å²) in [5.41, 5.74) is 0.978. The highest BCUT2D eigenvalue weighted by Gasteiger charge is 2.17. The number of aromatic amines is 1. The number of carboxylic acid groups (broad SMARTS) is 1. The number of hydrogen-bond acceptors (Lipinski definition) is 7. The Hall–Kier alpha value is -4.93. The lowest BCUT2D eigenvalue weighted by Gasteiger charge is -2.13. The third-order valence-electron chi connectivity index (χ3n) is 5.75. The molecule has 0 radical (unpaired) electrons. The van der Waals surface area contributed by atoms with E-state index in [1.807, 2.05) is 31.2 Å². The summed E-state index contributed by atoms with van der Waals surface area (Å²) in [7, 11) is 1.53. The standard InChI is InChI=1S/C27H27N5O6/c1-17-4-6-19(7-5-17)16-31-25(30-26(35)32(27(31)36)15-18(2)24(33)34)29-20-8-10-21(11-9-20)38-22-12-13-23(37-3)28-14-22/h4-14,18H,15-16H2,1-3H3,(H,33,34)(H,29,30,35)/t18-/m0/s1. The molecule has 2 heterocycles. The minimum absolute atomic E-state index is 0.0350. The van der Waals surface area contributed by atoms with Crippen LogP contribution in [-0.2, 0) is 17.9 Å². The molecule has 11 heteroatoms. The number of hydrogen-bond donors (Lipinski definition) is 2. The van der Waals surface area contributed by atoms with Gasteiger partial charge in [0.25, 0.3) is 0 Å². The Balaban J connectivity index is 1.71.